The van der Waals surface area contributed by atoms with Gasteiger partial charge in [0.05, 0.1) is 28.7 Å². The van der Waals surface area contributed by atoms with Gasteiger partial charge in [-0.25, -0.2) is 4.68 Å². The third-order valence-corrected chi connectivity index (χ3v) is 5.91. The van der Waals surface area contributed by atoms with Gasteiger partial charge in [0.2, 0.25) is 0 Å². The number of aromatic nitrogens is 3. The highest BCUT2D eigenvalue weighted by Crippen LogP contribution is 2.20. The molecule has 0 radical (unpaired) electrons. The SMILES string of the molecule is Cc1ccn(C(=O)C(=O)c2c(C)nn(-c3ccccc3)c2C)c(=NC2CCCCC2)c1. The predicted octanol–water partition coefficient (Wildman–Crippen LogP) is 4.36. The summed E-state index contributed by atoms with van der Waals surface area (Å²) in [7, 11) is 0. The summed E-state index contributed by atoms with van der Waals surface area (Å²) in [5.74, 6) is -1.17. The average Bonchev–Trinajstić information content (AvgIpc) is 3.08. The number of hydrogen-bond donors (Lipinski definition) is 0. The van der Waals surface area contributed by atoms with Gasteiger partial charge in [-0.1, -0.05) is 37.5 Å². The summed E-state index contributed by atoms with van der Waals surface area (Å²) in [6.07, 6.45) is 7.26. The van der Waals surface area contributed by atoms with Crippen LogP contribution in [0.3, 0.4) is 0 Å². The van der Waals surface area contributed by atoms with Crippen molar-refractivity contribution in [2.75, 3.05) is 0 Å². The second-order valence-electron chi connectivity index (χ2n) is 8.28. The molecular formula is C25H28N4O2. The van der Waals surface area contributed by atoms with Gasteiger partial charge in [-0.3, -0.25) is 19.1 Å². The van der Waals surface area contributed by atoms with E-state index in [4.69, 9.17) is 4.99 Å². The van der Waals surface area contributed by atoms with Gasteiger partial charge < -0.3 is 0 Å². The van der Waals surface area contributed by atoms with Crippen LogP contribution >= 0.6 is 0 Å². The van der Waals surface area contributed by atoms with E-state index in [9.17, 15) is 9.59 Å². The normalized spacial score (nSPS) is 15.3. The monoisotopic (exact) mass is 416 g/mol. The fraction of sp³-hybridized carbons (Fsp3) is 0.360. The van der Waals surface area contributed by atoms with Gasteiger partial charge in [0, 0.05) is 6.20 Å². The lowest BCUT2D eigenvalue weighted by Crippen LogP contribution is -2.34. The van der Waals surface area contributed by atoms with Crippen LogP contribution in [0.1, 0.15) is 64.2 Å². The summed E-state index contributed by atoms with van der Waals surface area (Å²) >= 11 is 0. The molecule has 2 aromatic heterocycles. The smallest absolute Gasteiger partial charge is 0.283 e. The maximum atomic E-state index is 13.3. The molecule has 0 spiro atoms. The molecule has 0 atom stereocenters. The van der Waals surface area contributed by atoms with E-state index < -0.39 is 11.7 Å². The van der Waals surface area contributed by atoms with Crippen molar-refractivity contribution < 1.29 is 9.59 Å². The van der Waals surface area contributed by atoms with E-state index in [1.165, 1.54) is 11.0 Å². The lowest BCUT2D eigenvalue weighted by molar-refractivity contribution is 0.0760. The van der Waals surface area contributed by atoms with Crippen molar-refractivity contribution in [2.24, 2.45) is 4.99 Å². The Bertz CT molecular complexity index is 1180. The van der Waals surface area contributed by atoms with Crippen molar-refractivity contribution in [3.8, 4) is 5.69 Å². The Morgan fingerprint density at radius 3 is 2.42 bits per heavy atom. The Balaban J connectivity index is 1.72. The van der Waals surface area contributed by atoms with Gasteiger partial charge in [0.25, 0.3) is 5.78 Å². The highest BCUT2D eigenvalue weighted by atomic mass is 16.2. The molecule has 2 heterocycles. The number of hydrogen-bond acceptors (Lipinski definition) is 4. The molecule has 160 valence electrons. The summed E-state index contributed by atoms with van der Waals surface area (Å²) in [6.45, 7) is 5.55. The molecule has 0 saturated heterocycles. The predicted molar refractivity (Wildman–Crippen MR) is 120 cm³/mol. The molecule has 1 aliphatic rings. The molecule has 6 heteroatoms. The second kappa shape index (κ2) is 8.84. The molecule has 0 unspecified atom stereocenters. The Hall–Kier alpha value is -3.28. The zero-order valence-electron chi connectivity index (χ0n) is 18.3. The molecule has 4 rings (SSSR count). The molecule has 0 N–H and O–H groups in total. The number of para-hydroxylation sites is 1. The van der Waals surface area contributed by atoms with Crippen molar-refractivity contribution >= 4 is 11.7 Å². The summed E-state index contributed by atoms with van der Waals surface area (Å²) in [6, 6.07) is 13.5. The number of rotatable bonds is 4. The highest BCUT2D eigenvalue weighted by Gasteiger charge is 2.26. The second-order valence-corrected chi connectivity index (χ2v) is 8.28. The zero-order chi connectivity index (χ0) is 22.0. The van der Waals surface area contributed by atoms with Gasteiger partial charge in [-0.15, -0.1) is 0 Å². The van der Waals surface area contributed by atoms with Gasteiger partial charge in [0.1, 0.15) is 5.49 Å². The van der Waals surface area contributed by atoms with Crippen LogP contribution in [-0.2, 0) is 0 Å². The maximum Gasteiger partial charge on any atom is 0.304 e. The van der Waals surface area contributed by atoms with E-state index in [2.05, 4.69) is 5.10 Å². The summed E-state index contributed by atoms with van der Waals surface area (Å²) in [5, 5.41) is 4.52. The zero-order valence-corrected chi connectivity index (χ0v) is 18.3. The quantitative estimate of drug-likeness (QED) is 0.469. The van der Waals surface area contributed by atoms with Crippen molar-refractivity contribution in [3.05, 3.63) is 76.7 Å². The Kier molecular flexibility index (Phi) is 5.98. The fourth-order valence-electron chi connectivity index (χ4n) is 4.27. The van der Waals surface area contributed by atoms with Crippen molar-refractivity contribution in [1.82, 2.24) is 14.3 Å². The van der Waals surface area contributed by atoms with E-state index in [0.29, 0.717) is 22.4 Å². The van der Waals surface area contributed by atoms with E-state index in [1.54, 1.807) is 17.8 Å². The number of aryl methyl sites for hydroxylation is 2. The summed E-state index contributed by atoms with van der Waals surface area (Å²) < 4.78 is 3.10. The maximum absolute atomic E-state index is 13.3. The molecule has 0 aliphatic heterocycles. The topological polar surface area (TPSA) is 69.2 Å². The molecular weight excluding hydrogens is 388 g/mol. The molecule has 1 saturated carbocycles. The highest BCUT2D eigenvalue weighted by molar-refractivity contribution is 6.44. The van der Waals surface area contributed by atoms with E-state index in [1.807, 2.05) is 56.3 Å². The fourth-order valence-corrected chi connectivity index (χ4v) is 4.27. The molecule has 6 nitrogen and oxygen atoms in total. The van der Waals surface area contributed by atoms with Crippen LogP contribution in [0.5, 0.6) is 0 Å². The minimum Gasteiger partial charge on any atom is -0.283 e. The van der Waals surface area contributed by atoms with Crippen LogP contribution in [0.4, 0.5) is 0 Å². The minimum absolute atomic E-state index is 0.203. The van der Waals surface area contributed by atoms with Crippen LogP contribution < -0.4 is 5.49 Å². The lowest BCUT2D eigenvalue weighted by atomic mass is 9.96. The number of ketones is 1. The number of benzene rings is 1. The number of nitrogens with zero attached hydrogens (tertiary/aromatic N) is 4. The first-order valence-electron chi connectivity index (χ1n) is 10.9. The lowest BCUT2D eigenvalue weighted by Gasteiger charge is -2.18. The Morgan fingerprint density at radius 2 is 1.71 bits per heavy atom. The Morgan fingerprint density at radius 1 is 1.00 bits per heavy atom. The summed E-state index contributed by atoms with van der Waals surface area (Å²) in [5.41, 5.74) is 3.96. The number of carbonyl (C=O) groups excluding carboxylic acids is 2. The molecule has 31 heavy (non-hydrogen) atoms. The Labute approximate surface area is 182 Å². The molecule has 0 amide bonds. The van der Waals surface area contributed by atoms with E-state index in [-0.39, 0.29) is 6.04 Å². The number of Topliss-reactive ketones (excluding diaryl/α,β-unsaturated/α-hetero) is 1. The first-order chi connectivity index (χ1) is 15.0. The van der Waals surface area contributed by atoms with Gasteiger partial charge in [-0.05, 0) is 63.4 Å². The van der Waals surface area contributed by atoms with Gasteiger partial charge in [-0.2, -0.15) is 5.10 Å². The van der Waals surface area contributed by atoms with E-state index in [0.717, 1.165) is 36.9 Å². The van der Waals surface area contributed by atoms with Crippen LogP contribution in [0.15, 0.2) is 53.7 Å². The van der Waals surface area contributed by atoms with Crippen LogP contribution in [0.25, 0.3) is 5.69 Å². The van der Waals surface area contributed by atoms with Crippen molar-refractivity contribution in [2.45, 2.75) is 58.9 Å². The minimum atomic E-state index is -0.603. The standard InChI is InChI=1S/C25H28N4O2/c1-17-14-15-28(22(16-17)26-20-10-6-4-7-11-20)25(31)24(30)23-18(2)27-29(19(23)3)21-12-8-5-9-13-21/h5,8-9,12-16,20H,4,6-7,10-11H2,1-3H3. The first-order valence-corrected chi connectivity index (χ1v) is 10.9. The van der Waals surface area contributed by atoms with Gasteiger partial charge >= 0.3 is 5.91 Å². The van der Waals surface area contributed by atoms with Crippen LogP contribution in [0.2, 0.25) is 0 Å². The molecule has 1 fully saturated rings. The third kappa shape index (κ3) is 4.29. The molecule has 0 bridgehead atoms. The first kappa shape index (κ1) is 21.0. The largest absolute Gasteiger partial charge is 0.304 e. The van der Waals surface area contributed by atoms with Crippen molar-refractivity contribution in [1.29, 1.82) is 0 Å². The van der Waals surface area contributed by atoms with Crippen LogP contribution in [0, 0.1) is 20.8 Å². The average molecular weight is 417 g/mol. The molecule has 1 aliphatic carbocycles. The van der Waals surface area contributed by atoms with Gasteiger partial charge in [0.15, 0.2) is 0 Å². The third-order valence-electron chi connectivity index (χ3n) is 5.91. The molecule has 3 aromatic rings. The molecule has 1 aromatic carbocycles. The van der Waals surface area contributed by atoms with E-state index >= 15 is 0 Å². The van der Waals surface area contributed by atoms with Crippen molar-refractivity contribution in [3.63, 3.8) is 0 Å². The van der Waals surface area contributed by atoms with Crippen LogP contribution in [-0.4, -0.2) is 32.1 Å². The summed E-state index contributed by atoms with van der Waals surface area (Å²) in [4.78, 5) is 31.4. The number of carbonyl (C=O) groups is 2. The number of pyridine rings is 1.